The first kappa shape index (κ1) is 36.8. The van der Waals surface area contributed by atoms with E-state index in [2.05, 4.69) is 123 Å². The molecular weight excluding hydrogens is 855 g/mol. The van der Waals surface area contributed by atoms with Gasteiger partial charge in [-0.1, -0.05) is 66.9 Å². The van der Waals surface area contributed by atoms with E-state index in [4.69, 9.17) is 9.97 Å². The quantitative estimate of drug-likeness (QED) is 0.118. The summed E-state index contributed by atoms with van der Waals surface area (Å²) in [5.74, 6) is 7.71. The van der Waals surface area contributed by atoms with Crippen molar-refractivity contribution < 1.29 is 20.1 Å². The molecule has 0 aliphatic heterocycles. The predicted octanol–water partition coefficient (Wildman–Crippen LogP) is 11.6. The van der Waals surface area contributed by atoms with E-state index in [1.54, 1.807) is 17.5 Å². The molecule has 0 unspecified atom stereocenters. The van der Waals surface area contributed by atoms with Crippen molar-refractivity contribution in [1.29, 1.82) is 0 Å². The summed E-state index contributed by atoms with van der Waals surface area (Å²) in [6.07, 6.45) is 8.05. The Labute approximate surface area is 312 Å². The molecule has 0 saturated heterocycles. The maximum atomic E-state index is 4.71. The van der Waals surface area contributed by atoms with Crippen LogP contribution in [-0.2, 0) is 20.1 Å². The van der Waals surface area contributed by atoms with Crippen LogP contribution in [0.25, 0.3) is 53.9 Å². The average molecular weight is 899 g/mol. The van der Waals surface area contributed by atoms with Gasteiger partial charge in [0, 0.05) is 41.9 Å². The first-order valence-corrected chi connectivity index (χ1v) is 25.0. The van der Waals surface area contributed by atoms with Crippen LogP contribution in [0.3, 0.4) is 0 Å². The Morgan fingerprint density at radius 2 is 1.53 bits per heavy atom. The number of thiophene rings is 1. The number of pyridine rings is 3. The van der Waals surface area contributed by atoms with E-state index in [9.17, 15) is 0 Å². The number of hydrogen-bond donors (Lipinski definition) is 0. The summed E-state index contributed by atoms with van der Waals surface area (Å²) >= 11 is 0.0765. The first-order chi connectivity index (χ1) is 23.1. The molecule has 3 nitrogen and oxygen atoms in total. The Morgan fingerprint density at radius 3 is 2.18 bits per heavy atom. The molecule has 49 heavy (non-hydrogen) atoms. The summed E-state index contributed by atoms with van der Waals surface area (Å²) in [7, 11) is 0. The summed E-state index contributed by atoms with van der Waals surface area (Å²) in [6.45, 7) is 8.82. The van der Waals surface area contributed by atoms with Crippen molar-refractivity contribution in [3.8, 4) is 33.6 Å². The monoisotopic (exact) mass is 900 g/mol. The smallest absolute Gasteiger partial charge is 0 e. The van der Waals surface area contributed by atoms with Gasteiger partial charge < -0.3 is 4.98 Å². The van der Waals surface area contributed by atoms with E-state index in [1.807, 2.05) is 36.7 Å². The Kier molecular flexibility index (Phi) is 12.0. The number of aromatic nitrogens is 3. The van der Waals surface area contributed by atoms with Gasteiger partial charge in [-0.3, -0.25) is 4.98 Å². The van der Waals surface area contributed by atoms with Crippen molar-refractivity contribution in [1.82, 2.24) is 15.0 Å². The van der Waals surface area contributed by atoms with E-state index in [0.717, 1.165) is 45.6 Å². The van der Waals surface area contributed by atoms with E-state index in [0.29, 0.717) is 5.92 Å². The van der Waals surface area contributed by atoms with Gasteiger partial charge in [-0.15, -0.1) is 5.56 Å². The zero-order chi connectivity index (χ0) is 33.8. The molecule has 7 rings (SSSR count). The first-order valence-electron chi connectivity index (χ1n) is 16.9. The minimum Gasteiger partial charge on any atom is 0 e. The fourth-order valence-electron chi connectivity index (χ4n) is 6.27. The topological polar surface area (TPSA) is 38.7 Å². The maximum absolute atomic E-state index is 4.71. The summed E-state index contributed by atoms with van der Waals surface area (Å²) < 4.78 is 3.86. The van der Waals surface area contributed by atoms with Gasteiger partial charge in [-0.25, -0.2) is 11.3 Å². The van der Waals surface area contributed by atoms with E-state index >= 15 is 0 Å². The van der Waals surface area contributed by atoms with E-state index in [-0.39, 0.29) is 20.1 Å². The zero-order valence-electron chi connectivity index (χ0n) is 29.4. The number of fused-ring (bicyclic) bond motifs is 3. The van der Waals surface area contributed by atoms with Crippen LogP contribution in [-0.4, -0.2) is 28.2 Å². The molecule has 4 aromatic heterocycles. The third-order valence-electron chi connectivity index (χ3n) is 8.96. The Bertz CT molecular complexity index is 2140. The number of nitrogens with zero attached hydrogens (tertiary/aromatic N) is 3. The zero-order valence-corrected chi connectivity index (χ0v) is 34.7. The third-order valence-corrected chi connectivity index (χ3v) is 14.4. The molecule has 0 N–H and O–H groups in total. The van der Waals surface area contributed by atoms with Crippen molar-refractivity contribution in [2.24, 2.45) is 0 Å². The molecule has 0 bridgehead atoms. The van der Waals surface area contributed by atoms with Gasteiger partial charge in [0.05, 0.1) is 0 Å². The molecule has 4 heterocycles. The second kappa shape index (κ2) is 16.0. The standard InChI is InChI=1S/C29H27N2S.C14H16GeN.Ir/c1-5-20(6-2)22-9-11-30-26(16-22)24-10-12-31-28-25-8-7-21(17-27(25)32-29(24)28)23-14-18(3)13-19(4)15-23;1-15(2,3)13-9-10-14(16-11-13)12-7-5-4-6-8-12;/h7-9,11-17,20H,5-6H2,1-4H3;4-7,9-11H,1-3H3;/q2*-1;. The molecule has 0 aliphatic rings. The van der Waals surface area contributed by atoms with Crippen molar-refractivity contribution >= 4 is 49.3 Å². The minimum absolute atomic E-state index is 0. The minimum atomic E-state index is -1.72. The SMILES string of the molecule is CCC(CC)c1ccnc(-c2[c-]cnc3c2sc2cc(-c4cc(C)cc(C)c4)ccc23)c1.[CH3][Ge]([CH3])([CH3])[c]1ccc(-c2[c-]cccc2)nc1.[Ir]. The van der Waals surface area contributed by atoms with Gasteiger partial charge in [-0.05, 0) is 72.5 Å². The predicted molar refractivity (Wildman–Crippen MR) is 209 cm³/mol. The summed E-state index contributed by atoms with van der Waals surface area (Å²) in [5.41, 5.74) is 11.6. The molecule has 1 radical (unpaired) electrons. The molecule has 0 spiro atoms. The van der Waals surface area contributed by atoms with Crippen LogP contribution in [0.2, 0.25) is 17.3 Å². The van der Waals surface area contributed by atoms with Gasteiger partial charge in [-0.2, -0.15) is 6.07 Å². The van der Waals surface area contributed by atoms with Crippen molar-refractivity contribution in [2.45, 2.75) is 63.7 Å². The normalized spacial score (nSPS) is 11.3. The van der Waals surface area contributed by atoms with Crippen LogP contribution in [0.15, 0.2) is 104 Å². The Balaban J connectivity index is 0.000000233. The third kappa shape index (κ3) is 8.46. The van der Waals surface area contributed by atoms with Crippen molar-refractivity contribution in [2.75, 3.05) is 0 Å². The molecule has 251 valence electrons. The largest absolute Gasteiger partial charge is 0 e. The second-order valence-corrected chi connectivity index (χ2v) is 25.3. The van der Waals surface area contributed by atoms with Crippen LogP contribution < -0.4 is 4.40 Å². The molecule has 7 aromatic rings. The van der Waals surface area contributed by atoms with Crippen LogP contribution in [0.5, 0.6) is 0 Å². The van der Waals surface area contributed by atoms with Gasteiger partial charge >= 0.3 is 99.8 Å². The van der Waals surface area contributed by atoms with Gasteiger partial charge in [0.2, 0.25) is 0 Å². The Morgan fingerprint density at radius 1 is 0.755 bits per heavy atom. The molecule has 6 heteroatoms. The summed E-state index contributed by atoms with van der Waals surface area (Å²) in [5, 5.41) is 1.20. The summed E-state index contributed by atoms with van der Waals surface area (Å²) in [6, 6.07) is 36.7. The second-order valence-electron chi connectivity index (χ2n) is 13.6. The van der Waals surface area contributed by atoms with Crippen LogP contribution in [0.1, 0.15) is 49.3 Å². The Hall–Kier alpha value is -3.48. The molecule has 0 aliphatic carbocycles. The van der Waals surface area contributed by atoms with E-state index < -0.39 is 13.3 Å². The van der Waals surface area contributed by atoms with Crippen molar-refractivity contribution in [3.63, 3.8) is 0 Å². The maximum Gasteiger partial charge on any atom is 0 e. The number of aryl methyl sites for hydroxylation is 2. The molecule has 0 atom stereocenters. The van der Waals surface area contributed by atoms with Crippen LogP contribution in [0, 0.1) is 26.0 Å². The molecular formula is C43H43GeIrN3S-2. The molecule has 3 aromatic carbocycles. The molecule has 0 fully saturated rings. The molecule has 0 saturated carbocycles. The molecule has 0 amide bonds. The van der Waals surface area contributed by atoms with Crippen LogP contribution in [0.4, 0.5) is 0 Å². The fraction of sp³-hybridized carbons (Fsp3) is 0.233. The summed E-state index contributed by atoms with van der Waals surface area (Å²) in [4.78, 5) is 13.9. The number of hydrogen-bond acceptors (Lipinski definition) is 4. The van der Waals surface area contributed by atoms with Gasteiger partial charge in [0.1, 0.15) is 0 Å². The number of benzene rings is 3. The average Bonchev–Trinajstić information content (AvgIpc) is 3.47. The van der Waals surface area contributed by atoms with Gasteiger partial charge in [0.15, 0.2) is 0 Å². The number of rotatable bonds is 7. The fourth-order valence-corrected chi connectivity index (χ4v) is 9.64. The van der Waals surface area contributed by atoms with Gasteiger partial charge in [0.25, 0.3) is 0 Å². The van der Waals surface area contributed by atoms with E-state index in [1.165, 1.54) is 42.3 Å². The van der Waals surface area contributed by atoms with Crippen molar-refractivity contribution in [3.05, 3.63) is 132 Å². The van der Waals surface area contributed by atoms with Crippen LogP contribution >= 0.6 is 11.3 Å².